The highest BCUT2D eigenvalue weighted by molar-refractivity contribution is 5.78. The van der Waals surface area contributed by atoms with E-state index in [0.717, 1.165) is 16.7 Å². The van der Waals surface area contributed by atoms with Gasteiger partial charge in [-0.1, -0.05) is 18.2 Å². The first-order valence-electron chi connectivity index (χ1n) is 5.03. The van der Waals surface area contributed by atoms with Gasteiger partial charge in [0.1, 0.15) is 0 Å². The second-order valence-corrected chi connectivity index (χ2v) is 3.28. The lowest BCUT2D eigenvalue weighted by atomic mass is 10.0. The van der Waals surface area contributed by atoms with Gasteiger partial charge in [-0.15, -0.1) is 0 Å². The van der Waals surface area contributed by atoms with E-state index in [4.69, 9.17) is 5.11 Å². The Kier molecular flexibility index (Phi) is 3.41. The van der Waals surface area contributed by atoms with Crippen molar-refractivity contribution in [2.24, 2.45) is 0 Å². The molecule has 0 aliphatic rings. The van der Waals surface area contributed by atoms with Crippen molar-refractivity contribution in [1.29, 1.82) is 0 Å². The van der Waals surface area contributed by atoms with Crippen molar-refractivity contribution in [2.75, 3.05) is 6.61 Å². The molecule has 0 atom stereocenters. The lowest BCUT2D eigenvalue weighted by molar-refractivity contribution is 0.343. The first kappa shape index (κ1) is 10.5. The number of aliphatic hydroxyl groups is 1. The molecule has 2 aromatic rings. The Morgan fingerprint density at radius 1 is 1.06 bits per heavy atom. The highest BCUT2D eigenvalue weighted by Crippen LogP contribution is 2.21. The molecule has 2 aromatic heterocycles. The fourth-order valence-corrected chi connectivity index (χ4v) is 1.54. The average molecular weight is 212 g/mol. The van der Waals surface area contributed by atoms with E-state index in [0.29, 0.717) is 0 Å². The van der Waals surface area contributed by atoms with Gasteiger partial charge < -0.3 is 5.11 Å². The smallest absolute Gasteiger partial charge is 0.0621 e. The molecule has 0 saturated heterocycles. The van der Waals surface area contributed by atoms with Crippen LogP contribution in [0.5, 0.6) is 0 Å². The van der Waals surface area contributed by atoms with Crippen molar-refractivity contribution < 1.29 is 5.11 Å². The lowest BCUT2D eigenvalue weighted by Gasteiger charge is -2.06. The van der Waals surface area contributed by atoms with Gasteiger partial charge in [0, 0.05) is 35.9 Å². The van der Waals surface area contributed by atoms with Crippen LogP contribution in [-0.2, 0) is 0 Å². The average Bonchev–Trinajstić information content (AvgIpc) is 2.38. The van der Waals surface area contributed by atoms with Crippen molar-refractivity contribution in [2.45, 2.75) is 0 Å². The normalized spacial score (nSPS) is 9.81. The van der Waals surface area contributed by atoms with Crippen LogP contribution in [-0.4, -0.2) is 21.7 Å². The minimum absolute atomic E-state index is 0.000871. The monoisotopic (exact) mass is 212 g/mol. The van der Waals surface area contributed by atoms with Gasteiger partial charge in [-0.3, -0.25) is 9.97 Å². The number of nitrogens with zero attached hydrogens (tertiary/aromatic N) is 2. The van der Waals surface area contributed by atoms with E-state index in [-0.39, 0.29) is 6.61 Å². The van der Waals surface area contributed by atoms with Crippen molar-refractivity contribution in [3.8, 4) is 0 Å². The number of rotatable bonds is 3. The Balaban J connectivity index is 2.44. The van der Waals surface area contributed by atoms with Gasteiger partial charge >= 0.3 is 0 Å². The van der Waals surface area contributed by atoms with Crippen molar-refractivity contribution in [1.82, 2.24) is 9.97 Å². The summed E-state index contributed by atoms with van der Waals surface area (Å²) in [6, 6.07) is 7.66. The van der Waals surface area contributed by atoms with Crippen LogP contribution in [0, 0.1) is 0 Å². The third-order valence-electron chi connectivity index (χ3n) is 2.24. The predicted octanol–water partition coefficient (Wildman–Crippen LogP) is 1.90. The summed E-state index contributed by atoms with van der Waals surface area (Å²) in [4.78, 5) is 8.14. The van der Waals surface area contributed by atoms with E-state index in [2.05, 4.69) is 9.97 Å². The Bertz CT molecular complexity index is 424. The van der Waals surface area contributed by atoms with E-state index in [1.54, 1.807) is 30.9 Å². The molecule has 0 amide bonds. The van der Waals surface area contributed by atoms with Gasteiger partial charge in [0.05, 0.1) is 6.61 Å². The van der Waals surface area contributed by atoms with Gasteiger partial charge in [-0.25, -0.2) is 0 Å². The number of hydrogen-bond donors (Lipinski definition) is 1. The number of hydrogen-bond acceptors (Lipinski definition) is 3. The molecule has 0 radical (unpaired) electrons. The summed E-state index contributed by atoms with van der Waals surface area (Å²) in [7, 11) is 0. The summed E-state index contributed by atoms with van der Waals surface area (Å²) in [5.41, 5.74) is 2.90. The SMILES string of the molecule is OCC=C(c1cccnc1)c1cccnc1. The Morgan fingerprint density at radius 2 is 1.62 bits per heavy atom. The maximum absolute atomic E-state index is 9.04. The van der Waals surface area contributed by atoms with E-state index in [9.17, 15) is 0 Å². The molecule has 0 aromatic carbocycles. The minimum atomic E-state index is -0.000871. The lowest BCUT2D eigenvalue weighted by Crippen LogP contribution is -1.91. The summed E-state index contributed by atoms with van der Waals surface area (Å²) in [6.07, 6.45) is 8.75. The second-order valence-electron chi connectivity index (χ2n) is 3.28. The van der Waals surface area contributed by atoms with Gasteiger partial charge in [-0.2, -0.15) is 0 Å². The van der Waals surface area contributed by atoms with Crippen molar-refractivity contribution >= 4 is 5.57 Å². The number of aliphatic hydroxyl groups excluding tert-OH is 1. The van der Waals surface area contributed by atoms with E-state index >= 15 is 0 Å². The maximum Gasteiger partial charge on any atom is 0.0621 e. The molecule has 3 heteroatoms. The van der Waals surface area contributed by atoms with E-state index < -0.39 is 0 Å². The van der Waals surface area contributed by atoms with E-state index in [1.807, 2.05) is 24.3 Å². The molecule has 80 valence electrons. The molecule has 3 nitrogen and oxygen atoms in total. The molecule has 16 heavy (non-hydrogen) atoms. The quantitative estimate of drug-likeness (QED) is 0.845. The Labute approximate surface area is 94.1 Å². The highest BCUT2D eigenvalue weighted by Gasteiger charge is 2.03. The Morgan fingerprint density at radius 3 is 2.00 bits per heavy atom. The fourth-order valence-electron chi connectivity index (χ4n) is 1.54. The zero-order valence-corrected chi connectivity index (χ0v) is 8.74. The van der Waals surface area contributed by atoms with Crippen LogP contribution in [0.15, 0.2) is 55.1 Å². The molecule has 1 N–H and O–H groups in total. The molecule has 0 unspecified atom stereocenters. The first-order chi connectivity index (χ1) is 7.92. The molecular weight excluding hydrogens is 200 g/mol. The van der Waals surface area contributed by atoms with Crippen molar-refractivity contribution in [3.05, 3.63) is 66.3 Å². The third kappa shape index (κ3) is 2.32. The van der Waals surface area contributed by atoms with Crippen LogP contribution in [0.25, 0.3) is 5.57 Å². The maximum atomic E-state index is 9.04. The van der Waals surface area contributed by atoms with Crippen molar-refractivity contribution in [3.63, 3.8) is 0 Å². The molecule has 2 rings (SSSR count). The molecule has 0 aliphatic heterocycles. The summed E-state index contributed by atoms with van der Waals surface area (Å²) in [5, 5.41) is 9.04. The fraction of sp³-hybridized carbons (Fsp3) is 0.0769. The molecule has 0 fully saturated rings. The zero-order chi connectivity index (χ0) is 11.2. The van der Waals surface area contributed by atoms with Crippen LogP contribution in [0.1, 0.15) is 11.1 Å². The first-order valence-corrected chi connectivity index (χ1v) is 5.03. The summed E-state index contributed by atoms with van der Waals surface area (Å²) in [5.74, 6) is 0. The molecule has 0 saturated carbocycles. The third-order valence-corrected chi connectivity index (χ3v) is 2.24. The zero-order valence-electron chi connectivity index (χ0n) is 8.74. The van der Waals surface area contributed by atoms with Crippen LogP contribution >= 0.6 is 0 Å². The molecule has 2 heterocycles. The number of pyridine rings is 2. The van der Waals surface area contributed by atoms with E-state index in [1.165, 1.54) is 0 Å². The highest BCUT2D eigenvalue weighted by atomic mass is 16.2. The molecule has 0 spiro atoms. The van der Waals surface area contributed by atoms with Gasteiger partial charge in [-0.05, 0) is 17.7 Å². The topological polar surface area (TPSA) is 46.0 Å². The summed E-state index contributed by atoms with van der Waals surface area (Å²) < 4.78 is 0. The standard InChI is InChI=1S/C13H12N2O/c16-8-5-13(11-3-1-6-14-9-11)12-4-2-7-15-10-12/h1-7,9-10,16H,8H2. The predicted molar refractivity (Wildman–Crippen MR) is 62.6 cm³/mol. The van der Waals surface area contributed by atoms with Crippen LogP contribution < -0.4 is 0 Å². The van der Waals surface area contributed by atoms with Gasteiger partial charge in [0.25, 0.3) is 0 Å². The molecule has 0 bridgehead atoms. The van der Waals surface area contributed by atoms with Crippen LogP contribution in [0.2, 0.25) is 0 Å². The van der Waals surface area contributed by atoms with Gasteiger partial charge in [0.2, 0.25) is 0 Å². The Hall–Kier alpha value is -2.00. The summed E-state index contributed by atoms with van der Waals surface area (Å²) in [6.45, 7) is -0.000871. The van der Waals surface area contributed by atoms with Crippen LogP contribution in [0.4, 0.5) is 0 Å². The second kappa shape index (κ2) is 5.19. The van der Waals surface area contributed by atoms with Gasteiger partial charge in [0.15, 0.2) is 0 Å². The summed E-state index contributed by atoms with van der Waals surface area (Å²) >= 11 is 0. The molecule has 0 aliphatic carbocycles. The largest absolute Gasteiger partial charge is 0.392 e. The number of aromatic nitrogens is 2. The van der Waals surface area contributed by atoms with Crippen LogP contribution in [0.3, 0.4) is 0 Å². The molecular formula is C13H12N2O. The minimum Gasteiger partial charge on any atom is -0.392 e.